The van der Waals surface area contributed by atoms with Crippen molar-refractivity contribution in [1.29, 1.82) is 0 Å². The molecule has 1 atom stereocenters. The molecule has 0 aliphatic carbocycles. The van der Waals surface area contributed by atoms with Crippen molar-refractivity contribution in [3.05, 3.63) is 0 Å². The molecule has 1 heterocycles. The molecule has 1 N–H and O–H groups in total. The number of aliphatic hydroxyl groups is 1. The molecule has 0 aromatic heterocycles. The van der Waals surface area contributed by atoms with Crippen LogP contribution in [-0.4, -0.2) is 41.3 Å². The average molecular weight is 225 g/mol. The van der Waals surface area contributed by atoms with Crippen LogP contribution in [0.2, 0.25) is 0 Å². The van der Waals surface area contributed by atoms with E-state index in [2.05, 4.69) is 0 Å². The molecule has 1 aliphatic rings. The molecule has 1 rings (SSSR count). The summed E-state index contributed by atoms with van der Waals surface area (Å²) < 4.78 is 35.6. The Hall–Kier alpha value is -0.780. The Labute approximate surface area is 85.9 Å². The van der Waals surface area contributed by atoms with Gasteiger partial charge in [0.15, 0.2) is 0 Å². The molecule has 1 amide bonds. The number of carbonyl (C=O) groups excluding carboxylic acids is 1. The molecular formula is C9H14F3NO2. The molecule has 1 aliphatic heterocycles. The van der Waals surface area contributed by atoms with Gasteiger partial charge in [0.2, 0.25) is 5.91 Å². The second-order valence-corrected chi connectivity index (χ2v) is 3.68. The third-order valence-electron chi connectivity index (χ3n) is 2.53. The lowest BCUT2D eigenvalue weighted by molar-refractivity contribution is -0.149. The lowest BCUT2D eigenvalue weighted by Crippen LogP contribution is -2.38. The molecule has 0 radical (unpaired) electrons. The zero-order valence-electron chi connectivity index (χ0n) is 8.26. The lowest BCUT2D eigenvalue weighted by Gasteiger charge is -2.23. The molecule has 0 aromatic carbocycles. The van der Waals surface area contributed by atoms with Gasteiger partial charge in [-0.25, -0.2) is 0 Å². The van der Waals surface area contributed by atoms with Crippen LogP contribution in [0.4, 0.5) is 13.2 Å². The van der Waals surface area contributed by atoms with Crippen LogP contribution in [-0.2, 0) is 4.79 Å². The zero-order chi connectivity index (χ0) is 11.5. The Morgan fingerprint density at radius 3 is 2.67 bits per heavy atom. The molecule has 3 nitrogen and oxygen atoms in total. The molecule has 1 fully saturated rings. The van der Waals surface area contributed by atoms with E-state index in [9.17, 15) is 18.0 Å². The van der Waals surface area contributed by atoms with E-state index in [1.807, 2.05) is 0 Å². The first-order valence-electron chi connectivity index (χ1n) is 4.91. The number of hydrogen-bond donors (Lipinski definition) is 1. The van der Waals surface area contributed by atoms with Crippen LogP contribution in [0.3, 0.4) is 0 Å². The molecule has 0 unspecified atom stereocenters. The number of halogens is 3. The largest absolute Gasteiger partial charge is 0.394 e. The average Bonchev–Trinajstić information content (AvgIpc) is 2.60. The van der Waals surface area contributed by atoms with Crippen LogP contribution >= 0.6 is 0 Å². The van der Waals surface area contributed by atoms with Crippen molar-refractivity contribution in [3.63, 3.8) is 0 Å². The number of alkyl halides is 3. The molecule has 0 aromatic rings. The van der Waals surface area contributed by atoms with Crippen molar-refractivity contribution in [3.8, 4) is 0 Å². The molecule has 6 heteroatoms. The van der Waals surface area contributed by atoms with Crippen LogP contribution in [0.15, 0.2) is 0 Å². The van der Waals surface area contributed by atoms with Gasteiger partial charge < -0.3 is 10.0 Å². The number of carbonyl (C=O) groups is 1. The van der Waals surface area contributed by atoms with Crippen molar-refractivity contribution in [2.75, 3.05) is 13.2 Å². The first-order chi connectivity index (χ1) is 6.94. The van der Waals surface area contributed by atoms with Gasteiger partial charge in [-0.3, -0.25) is 4.79 Å². The monoisotopic (exact) mass is 225 g/mol. The quantitative estimate of drug-likeness (QED) is 0.786. The van der Waals surface area contributed by atoms with Gasteiger partial charge in [-0.05, 0) is 12.8 Å². The third kappa shape index (κ3) is 3.70. The fraction of sp³-hybridized carbons (Fsp3) is 0.889. The standard InChI is InChI=1S/C9H14F3NO2/c10-9(11,12)4-3-8(15)13-5-1-2-7(13)6-14/h7,14H,1-6H2/t7-/m1/s1. The number of hydrogen-bond acceptors (Lipinski definition) is 2. The van der Waals surface area contributed by atoms with Crippen molar-refractivity contribution in [2.45, 2.75) is 37.9 Å². The van der Waals surface area contributed by atoms with Crippen LogP contribution in [0.5, 0.6) is 0 Å². The van der Waals surface area contributed by atoms with Gasteiger partial charge in [-0.1, -0.05) is 0 Å². The summed E-state index contributed by atoms with van der Waals surface area (Å²) in [5, 5.41) is 8.90. The van der Waals surface area contributed by atoms with E-state index in [4.69, 9.17) is 5.11 Å². The van der Waals surface area contributed by atoms with Crippen molar-refractivity contribution in [2.24, 2.45) is 0 Å². The first-order valence-corrected chi connectivity index (χ1v) is 4.91. The number of nitrogens with zero attached hydrogens (tertiary/aromatic N) is 1. The third-order valence-corrected chi connectivity index (χ3v) is 2.53. The summed E-state index contributed by atoms with van der Waals surface area (Å²) in [5.74, 6) is -0.510. The number of aliphatic hydroxyl groups excluding tert-OH is 1. The number of likely N-dealkylation sites (tertiary alicyclic amines) is 1. The molecule has 0 spiro atoms. The van der Waals surface area contributed by atoms with Crippen LogP contribution in [0.25, 0.3) is 0 Å². The predicted octanol–water partition coefficient (Wildman–Crippen LogP) is 1.31. The second kappa shape index (κ2) is 4.83. The molecular weight excluding hydrogens is 211 g/mol. The fourth-order valence-corrected chi connectivity index (χ4v) is 1.75. The van der Waals surface area contributed by atoms with E-state index in [0.717, 1.165) is 6.42 Å². The van der Waals surface area contributed by atoms with Gasteiger partial charge in [0.1, 0.15) is 0 Å². The Balaban J connectivity index is 2.40. The number of amides is 1. The van der Waals surface area contributed by atoms with Gasteiger partial charge in [0, 0.05) is 13.0 Å². The number of rotatable bonds is 3. The molecule has 1 saturated heterocycles. The van der Waals surface area contributed by atoms with Crippen LogP contribution in [0, 0.1) is 0 Å². The zero-order valence-corrected chi connectivity index (χ0v) is 8.26. The van der Waals surface area contributed by atoms with Gasteiger partial charge in [0.25, 0.3) is 0 Å². The highest BCUT2D eigenvalue weighted by atomic mass is 19.4. The smallest absolute Gasteiger partial charge is 0.389 e. The maximum Gasteiger partial charge on any atom is 0.389 e. The van der Waals surface area contributed by atoms with Gasteiger partial charge in [-0.2, -0.15) is 13.2 Å². The van der Waals surface area contributed by atoms with Gasteiger partial charge in [0.05, 0.1) is 19.1 Å². The van der Waals surface area contributed by atoms with E-state index in [1.54, 1.807) is 0 Å². The normalized spacial score (nSPS) is 22.1. The van der Waals surface area contributed by atoms with E-state index < -0.39 is 24.9 Å². The van der Waals surface area contributed by atoms with Crippen LogP contribution < -0.4 is 0 Å². The summed E-state index contributed by atoms with van der Waals surface area (Å²) in [7, 11) is 0. The highest BCUT2D eigenvalue weighted by molar-refractivity contribution is 5.76. The molecule has 88 valence electrons. The second-order valence-electron chi connectivity index (χ2n) is 3.68. The Morgan fingerprint density at radius 1 is 1.47 bits per heavy atom. The van der Waals surface area contributed by atoms with E-state index in [1.165, 1.54) is 4.90 Å². The van der Waals surface area contributed by atoms with Crippen molar-refractivity contribution >= 4 is 5.91 Å². The lowest BCUT2D eigenvalue weighted by atomic mass is 10.2. The van der Waals surface area contributed by atoms with E-state index in [0.29, 0.717) is 13.0 Å². The van der Waals surface area contributed by atoms with Crippen LogP contribution in [0.1, 0.15) is 25.7 Å². The Bertz CT molecular complexity index is 230. The van der Waals surface area contributed by atoms with Crippen molar-refractivity contribution in [1.82, 2.24) is 4.90 Å². The summed E-state index contributed by atoms with van der Waals surface area (Å²) >= 11 is 0. The van der Waals surface area contributed by atoms with E-state index in [-0.39, 0.29) is 12.6 Å². The molecule has 15 heavy (non-hydrogen) atoms. The Morgan fingerprint density at radius 2 is 2.13 bits per heavy atom. The summed E-state index contributed by atoms with van der Waals surface area (Å²) in [4.78, 5) is 12.7. The van der Waals surface area contributed by atoms with Crippen molar-refractivity contribution < 1.29 is 23.1 Å². The Kier molecular flexibility index (Phi) is 3.96. The highest BCUT2D eigenvalue weighted by Gasteiger charge is 2.32. The first kappa shape index (κ1) is 12.3. The van der Waals surface area contributed by atoms with Gasteiger partial charge in [-0.15, -0.1) is 0 Å². The molecule has 0 saturated carbocycles. The van der Waals surface area contributed by atoms with Gasteiger partial charge >= 0.3 is 6.18 Å². The fourth-order valence-electron chi connectivity index (χ4n) is 1.75. The minimum atomic E-state index is -4.29. The molecule has 0 bridgehead atoms. The SMILES string of the molecule is O=C(CCC(F)(F)F)N1CCC[C@@H]1CO. The minimum Gasteiger partial charge on any atom is -0.394 e. The predicted molar refractivity (Wildman–Crippen MR) is 47.1 cm³/mol. The summed E-state index contributed by atoms with van der Waals surface area (Å²) in [6, 6.07) is -0.286. The maximum atomic E-state index is 11.9. The highest BCUT2D eigenvalue weighted by Crippen LogP contribution is 2.24. The minimum absolute atomic E-state index is 0.169. The summed E-state index contributed by atoms with van der Waals surface area (Å²) in [6.45, 7) is 0.291. The topological polar surface area (TPSA) is 40.5 Å². The van der Waals surface area contributed by atoms with E-state index >= 15 is 0 Å². The summed E-state index contributed by atoms with van der Waals surface area (Å²) in [5.41, 5.74) is 0. The maximum absolute atomic E-state index is 11.9. The summed E-state index contributed by atoms with van der Waals surface area (Å²) in [6.07, 6.45) is -4.46.